The van der Waals surface area contributed by atoms with Crippen LogP contribution < -0.4 is 18.9 Å². The Morgan fingerprint density at radius 1 is 0.878 bits per heavy atom. The summed E-state index contributed by atoms with van der Waals surface area (Å²) in [5.74, 6) is 4.32. The number of rotatable bonds is 10. The van der Waals surface area contributed by atoms with Gasteiger partial charge in [-0.15, -0.1) is 6.58 Å². The number of benzene rings is 2. The quantitative estimate of drug-likeness (QED) is 0.324. The van der Waals surface area contributed by atoms with E-state index >= 15 is 0 Å². The number of hydrogen-bond donors (Lipinski definition) is 0. The Morgan fingerprint density at radius 2 is 1.46 bits per heavy atom. The minimum absolute atomic E-state index is 0.00920. The molecule has 222 valence electrons. The zero-order valence-corrected chi connectivity index (χ0v) is 25.4. The van der Waals surface area contributed by atoms with Crippen molar-refractivity contribution in [3.63, 3.8) is 0 Å². The summed E-state index contributed by atoms with van der Waals surface area (Å²) in [6, 6.07) is 8.95. The lowest BCUT2D eigenvalue weighted by molar-refractivity contribution is -0.134. The predicted octanol–water partition coefficient (Wildman–Crippen LogP) is 6.15. The summed E-state index contributed by atoms with van der Waals surface area (Å²) in [7, 11) is 6.78. The van der Waals surface area contributed by atoms with Gasteiger partial charge in [0, 0.05) is 32.1 Å². The molecule has 0 bridgehead atoms. The van der Waals surface area contributed by atoms with Gasteiger partial charge in [-0.1, -0.05) is 19.4 Å². The van der Waals surface area contributed by atoms with Gasteiger partial charge in [-0.2, -0.15) is 0 Å². The van der Waals surface area contributed by atoms with Gasteiger partial charge in [-0.3, -0.25) is 9.69 Å². The lowest BCUT2D eigenvalue weighted by atomic mass is 9.72. The molecule has 3 aliphatic rings. The van der Waals surface area contributed by atoms with Crippen molar-refractivity contribution in [2.75, 3.05) is 48.1 Å². The fourth-order valence-corrected chi connectivity index (χ4v) is 7.49. The lowest BCUT2D eigenvalue weighted by Gasteiger charge is -2.49. The fourth-order valence-electron chi connectivity index (χ4n) is 7.49. The van der Waals surface area contributed by atoms with Crippen LogP contribution in [-0.4, -0.2) is 63.8 Å². The summed E-state index contributed by atoms with van der Waals surface area (Å²) >= 11 is 0. The molecular formula is C34H46N2O5. The minimum atomic E-state index is 0.00920. The number of ether oxygens (including phenoxy) is 4. The number of carbonyl (C=O) groups excluding carboxylic acids is 1. The molecular weight excluding hydrogens is 516 g/mol. The second-order valence-electron chi connectivity index (χ2n) is 11.7. The maximum absolute atomic E-state index is 13.6. The van der Waals surface area contributed by atoms with Gasteiger partial charge in [0.25, 0.3) is 0 Å². The van der Waals surface area contributed by atoms with E-state index in [2.05, 4.69) is 47.6 Å². The third kappa shape index (κ3) is 5.66. The zero-order valence-electron chi connectivity index (χ0n) is 25.4. The Labute approximate surface area is 245 Å². The van der Waals surface area contributed by atoms with Gasteiger partial charge >= 0.3 is 0 Å². The predicted molar refractivity (Wildman–Crippen MR) is 161 cm³/mol. The van der Waals surface area contributed by atoms with Gasteiger partial charge in [0.15, 0.2) is 23.0 Å². The van der Waals surface area contributed by atoms with Crippen LogP contribution in [0, 0.1) is 11.8 Å². The van der Waals surface area contributed by atoms with E-state index in [1.807, 2.05) is 6.08 Å². The van der Waals surface area contributed by atoms with Crippen LogP contribution >= 0.6 is 0 Å². The molecule has 0 aromatic heterocycles. The van der Waals surface area contributed by atoms with Gasteiger partial charge in [0.1, 0.15) is 0 Å². The second-order valence-corrected chi connectivity index (χ2v) is 11.7. The minimum Gasteiger partial charge on any atom is -0.493 e. The van der Waals surface area contributed by atoms with Crippen LogP contribution in [0.3, 0.4) is 0 Å². The zero-order chi connectivity index (χ0) is 29.1. The van der Waals surface area contributed by atoms with Gasteiger partial charge < -0.3 is 23.8 Å². The molecule has 1 saturated heterocycles. The Kier molecular flexibility index (Phi) is 9.12. The number of fused-ring (bicyclic) bond motifs is 4. The first-order chi connectivity index (χ1) is 20.0. The third-order valence-corrected chi connectivity index (χ3v) is 9.71. The Hall–Kier alpha value is -3.19. The van der Waals surface area contributed by atoms with Crippen LogP contribution in [0.4, 0.5) is 0 Å². The van der Waals surface area contributed by atoms with E-state index in [9.17, 15) is 4.79 Å². The molecule has 1 amide bonds. The monoisotopic (exact) mass is 562 g/mol. The van der Waals surface area contributed by atoms with Crippen molar-refractivity contribution in [2.24, 2.45) is 11.8 Å². The SMILES string of the molecule is C=CCCC(=O)N1CCc2cc(OC)c(OC)cc2[C@H]1CC1C[C@H]2c3cc(OC)c(OC)cc3CCN2C[C@@H]1CC. The van der Waals surface area contributed by atoms with Crippen LogP contribution in [0.25, 0.3) is 0 Å². The number of piperidine rings is 1. The summed E-state index contributed by atoms with van der Waals surface area (Å²) in [5, 5.41) is 0. The summed E-state index contributed by atoms with van der Waals surface area (Å²) in [4.78, 5) is 18.4. The molecule has 1 fully saturated rings. The summed E-state index contributed by atoms with van der Waals surface area (Å²) < 4.78 is 22.7. The van der Waals surface area contributed by atoms with E-state index in [1.165, 1.54) is 22.3 Å². The Balaban J connectivity index is 1.50. The first-order valence-corrected chi connectivity index (χ1v) is 15.1. The van der Waals surface area contributed by atoms with Crippen molar-refractivity contribution < 1.29 is 23.7 Å². The van der Waals surface area contributed by atoms with Gasteiger partial charge in [0.2, 0.25) is 5.91 Å². The maximum Gasteiger partial charge on any atom is 0.223 e. The first kappa shape index (κ1) is 29.3. The summed E-state index contributed by atoms with van der Waals surface area (Å²) in [6.07, 6.45) is 8.00. The molecule has 3 heterocycles. The number of methoxy groups -OCH3 is 4. The van der Waals surface area contributed by atoms with Crippen molar-refractivity contribution in [3.8, 4) is 23.0 Å². The van der Waals surface area contributed by atoms with Gasteiger partial charge in [-0.05, 0) is 90.5 Å². The molecule has 0 saturated carbocycles. The van der Waals surface area contributed by atoms with Crippen LogP contribution in [0.5, 0.6) is 23.0 Å². The van der Waals surface area contributed by atoms with Crippen molar-refractivity contribution >= 4 is 5.91 Å². The van der Waals surface area contributed by atoms with Gasteiger partial charge in [0.05, 0.1) is 34.5 Å². The Morgan fingerprint density at radius 3 is 2.07 bits per heavy atom. The Bertz CT molecular complexity index is 1260. The van der Waals surface area contributed by atoms with Crippen LogP contribution in [0.2, 0.25) is 0 Å². The lowest BCUT2D eigenvalue weighted by Crippen LogP contribution is -2.47. The highest BCUT2D eigenvalue weighted by Crippen LogP contribution is 2.49. The van der Waals surface area contributed by atoms with E-state index < -0.39 is 0 Å². The fraction of sp³-hybridized carbons (Fsp3) is 0.559. The molecule has 5 rings (SSSR count). The number of amides is 1. The smallest absolute Gasteiger partial charge is 0.223 e. The molecule has 0 aliphatic carbocycles. The van der Waals surface area contributed by atoms with E-state index in [4.69, 9.17) is 18.9 Å². The highest BCUT2D eigenvalue weighted by atomic mass is 16.5. The largest absolute Gasteiger partial charge is 0.493 e. The third-order valence-electron chi connectivity index (χ3n) is 9.71. The second kappa shape index (κ2) is 12.8. The summed E-state index contributed by atoms with van der Waals surface area (Å²) in [6.45, 7) is 9.03. The van der Waals surface area contributed by atoms with E-state index in [0.717, 1.165) is 74.7 Å². The molecule has 1 unspecified atom stereocenters. The van der Waals surface area contributed by atoms with Gasteiger partial charge in [-0.25, -0.2) is 0 Å². The number of allylic oxidation sites excluding steroid dienone is 1. The molecule has 0 spiro atoms. The molecule has 2 aromatic carbocycles. The van der Waals surface area contributed by atoms with E-state index in [1.54, 1.807) is 28.4 Å². The van der Waals surface area contributed by atoms with Crippen LogP contribution in [-0.2, 0) is 17.6 Å². The van der Waals surface area contributed by atoms with Crippen LogP contribution in [0.15, 0.2) is 36.9 Å². The van der Waals surface area contributed by atoms with Crippen molar-refractivity contribution in [3.05, 3.63) is 59.2 Å². The molecule has 2 aromatic rings. The van der Waals surface area contributed by atoms with Crippen molar-refractivity contribution in [2.45, 2.75) is 64.0 Å². The molecule has 0 radical (unpaired) electrons. The molecule has 3 aliphatic heterocycles. The topological polar surface area (TPSA) is 60.5 Å². The average molecular weight is 563 g/mol. The molecule has 41 heavy (non-hydrogen) atoms. The first-order valence-electron chi connectivity index (χ1n) is 15.1. The number of nitrogens with zero attached hydrogens (tertiary/aromatic N) is 2. The molecule has 4 atom stereocenters. The molecule has 7 nitrogen and oxygen atoms in total. The van der Waals surface area contributed by atoms with Crippen molar-refractivity contribution in [1.82, 2.24) is 9.80 Å². The summed E-state index contributed by atoms with van der Waals surface area (Å²) in [5.41, 5.74) is 5.18. The number of hydrogen-bond acceptors (Lipinski definition) is 6. The molecule has 0 N–H and O–H groups in total. The maximum atomic E-state index is 13.6. The van der Waals surface area contributed by atoms with Crippen LogP contribution in [0.1, 0.15) is 73.4 Å². The molecule has 7 heteroatoms. The normalized spacial score (nSPS) is 23.6. The highest BCUT2D eigenvalue weighted by molar-refractivity contribution is 5.77. The van der Waals surface area contributed by atoms with Crippen molar-refractivity contribution in [1.29, 1.82) is 0 Å². The van der Waals surface area contributed by atoms with E-state index in [-0.39, 0.29) is 11.9 Å². The average Bonchev–Trinajstić information content (AvgIpc) is 3.01. The standard InChI is InChI=1S/C34H46N2O5/c1-7-9-10-34(37)36-14-12-24-18-31(39-4)33(41-6)20-27(24)29(36)16-25-15-28-26-19-32(40-5)30(38-3)17-23(26)11-13-35(28)21-22(25)8-2/h7,17-20,22,25,28-29H,1,8-16,21H2,2-6H3/t22-,25?,28-,29+/m0/s1. The number of carbonyl (C=O) groups is 1. The van der Waals surface area contributed by atoms with E-state index in [0.29, 0.717) is 30.7 Å². The highest BCUT2D eigenvalue weighted by Gasteiger charge is 2.42.